The molecule has 2 amide bonds. The smallest absolute Gasteiger partial charge is 0.253 e. The molecule has 1 atom stereocenters. The van der Waals surface area contributed by atoms with Gasteiger partial charge in [0, 0.05) is 36.5 Å². The number of likely N-dealkylation sites (tertiary alicyclic amines) is 1. The largest absolute Gasteiger partial charge is 0.338 e. The fourth-order valence-corrected chi connectivity index (χ4v) is 3.75. The fraction of sp³-hybridized carbons (Fsp3) is 0.556. The molecule has 2 aliphatic heterocycles. The summed E-state index contributed by atoms with van der Waals surface area (Å²) in [5.41, 5.74) is 0.251. The Hall–Kier alpha value is -1.59. The summed E-state index contributed by atoms with van der Waals surface area (Å²) >= 11 is 5.97. The summed E-state index contributed by atoms with van der Waals surface area (Å²) in [6.07, 6.45) is 2.28. The number of piperidine rings is 1. The van der Waals surface area contributed by atoms with Gasteiger partial charge >= 0.3 is 0 Å². The second-order valence-electron chi connectivity index (χ2n) is 7.20. The van der Waals surface area contributed by atoms with E-state index < -0.39 is 0 Å². The lowest BCUT2D eigenvalue weighted by molar-refractivity contribution is -0.121. The van der Waals surface area contributed by atoms with Crippen molar-refractivity contribution in [3.05, 3.63) is 34.9 Å². The normalized spacial score (nSPS) is 22.9. The maximum Gasteiger partial charge on any atom is 0.253 e. The van der Waals surface area contributed by atoms with Gasteiger partial charge in [0.15, 0.2) is 0 Å². The van der Waals surface area contributed by atoms with Gasteiger partial charge in [0.2, 0.25) is 5.91 Å². The van der Waals surface area contributed by atoms with Crippen molar-refractivity contribution in [1.82, 2.24) is 15.5 Å². The summed E-state index contributed by atoms with van der Waals surface area (Å²) in [4.78, 5) is 26.6. The van der Waals surface area contributed by atoms with Crippen molar-refractivity contribution in [1.29, 1.82) is 0 Å². The molecule has 5 nitrogen and oxygen atoms in total. The molecule has 0 bridgehead atoms. The molecular formula is C18H24ClN3O2. The summed E-state index contributed by atoms with van der Waals surface area (Å²) in [5.74, 6) is 0.543. The number of hydrogen-bond acceptors (Lipinski definition) is 3. The number of halogens is 1. The number of nitrogens with zero attached hydrogens (tertiary/aromatic N) is 1. The highest BCUT2D eigenvalue weighted by atomic mass is 35.5. The lowest BCUT2D eigenvalue weighted by Crippen LogP contribution is -2.58. The predicted molar refractivity (Wildman–Crippen MR) is 93.8 cm³/mol. The molecule has 1 unspecified atom stereocenters. The first-order chi connectivity index (χ1) is 11.4. The van der Waals surface area contributed by atoms with Gasteiger partial charge in [-0.05, 0) is 30.5 Å². The number of hydrogen-bond donors (Lipinski definition) is 2. The van der Waals surface area contributed by atoms with E-state index in [1.54, 1.807) is 24.3 Å². The fourth-order valence-electron chi connectivity index (χ4n) is 3.56. The summed E-state index contributed by atoms with van der Waals surface area (Å²) in [6.45, 7) is 5.47. The van der Waals surface area contributed by atoms with Crippen LogP contribution in [0.2, 0.25) is 5.02 Å². The Morgan fingerprint density at radius 3 is 2.71 bits per heavy atom. The Labute approximate surface area is 147 Å². The van der Waals surface area contributed by atoms with Gasteiger partial charge in [-0.2, -0.15) is 0 Å². The van der Waals surface area contributed by atoms with Gasteiger partial charge in [-0.15, -0.1) is 0 Å². The molecule has 0 saturated carbocycles. The zero-order chi connectivity index (χ0) is 17.3. The van der Waals surface area contributed by atoms with E-state index in [1.165, 1.54) is 0 Å². The van der Waals surface area contributed by atoms with Crippen LogP contribution in [0.25, 0.3) is 0 Å². The van der Waals surface area contributed by atoms with Crippen LogP contribution in [0.5, 0.6) is 0 Å². The molecular weight excluding hydrogens is 326 g/mol. The van der Waals surface area contributed by atoms with E-state index in [2.05, 4.69) is 24.5 Å². The molecule has 0 aromatic heterocycles. The van der Waals surface area contributed by atoms with Crippen LogP contribution >= 0.6 is 11.6 Å². The molecule has 0 radical (unpaired) electrons. The number of carbonyl (C=O) groups excluding carboxylic acids is 2. The lowest BCUT2D eigenvalue weighted by atomic mass is 9.96. The molecule has 0 aliphatic carbocycles. The second kappa shape index (κ2) is 6.73. The van der Waals surface area contributed by atoms with E-state index in [0.29, 0.717) is 29.6 Å². The third-order valence-corrected chi connectivity index (χ3v) is 5.05. The van der Waals surface area contributed by atoms with Crippen LogP contribution in [0.3, 0.4) is 0 Å². The molecule has 2 heterocycles. The second-order valence-corrected chi connectivity index (χ2v) is 7.64. The van der Waals surface area contributed by atoms with Gasteiger partial charge in [0.1, 0.15) is 0 Å². The van der Waals surface area contributed by atoms with Crippen LogP contribution in [0, 0.1) is 5.92 Å². The maximum atomic E-state index is 12.6. The SMILES string of the molecule is CC(C)CC1NC2(CCN(C(=O)c3cccc(Cl)c3)CC2)NC1=O. The zero-order valence-electron chi connectivity index (χ0n) is 14.1. The number of nitrogens with one attached hydrogen (secondary N) is 2. The summed E-state index contributed by atoms with van der Waals surface area (Å²) in [7, 11) is 0. The molecule has 1 spiro atoms. The number of rotatable bonds is 3. The molecule has 2 aliphatic rings. The Kier molecular flexibility index (Phi) is 4.83. The Bertz CT molecular complexity index is 639. The minimum Gasteiger partial charge on any atom is -0.338 e. The van der Waals surface area contributed by atoms with Crippen LogP contribution < -0.4 is 10.6 Å². The Morgan fingerprint density at radius 1 is 1.38 bits per heavy atom. The van der Waals surface area contributed by atoms with Gasteiger partial charge in [0.25, 0.3) is 5.91 Å². The topological polar surface area (TPSA) is 61.4 Å². The van der Waals surface area contributed by atoms with E-state index in [9.17, 15) is 9.59 Å². The van der Waals surface area contributed by atoms with Gasteiger partial charge in [-0.25, -0.2) is 0 Å². The third-order valence-electron chi connectivity index (χ3n) is 4.81. The first-order valence-electron chi connectivity index (χ1n) is 8.53. The molecule has 3 rings (SSSR count). The highest BCUT2D eigenvalue weighted by Crippen LogP contribution is 2.27. The summed E-state index contributed by atoms with van der Waals surface area (Å²) < 4.78 is 0. The maximum absolute atomic E-state index is 12.6. The lowest BCUT2D eigenvalue weighted by Gasteiger charge is -2.39. The van der Waals surface area contributed by atoms with Crippen molar-refractivity contribution in [3.8, 4) is 0 Å². The number of amides is 2. The molecule has 1 aromatic rings. The monoisotopic (exact) mass is 349 g/mol. The van der Waals surface area contributed by atoms with E-state index in [-0.39, 0.29) is 23.5 Å². The molecule has 130 valence electrons. The average molecular weight is 350 g/mol. The van der Waals surface area contributed by atoms with Crippen molar-refractivity contribution < 1.29 is 9.59 Å². The van der Waals surface area contributed by atoms with E-state index in [0.717, 1.165) is 19.3 Å². The minimum atomic E-state index is -0.359. The van der Waals surface area contributed by atoms with Gasteiger partial charge < -0.3 is 10.2 Å². The van der Waals surface area contributed by atoms with Crippen molar-refractivity contribution >= 4 is 23.4 Å². The summed E-state index contributed by atoms with van der Waals surface area (Å²) in [6, 6.07) is 6.90. The molecule has 2 N–H and O–H groups in total. The van der Waals surface area contributed by atoms with Gasteiger partial charge in [-0.3, -0.25) is 14.9 Å². The molecule has 6 heteroatoms. The molecule has 24 heavy (non-hydrogen) atoms. The van der Waals surface area contributed by atoms with E-state index in [1.807, 2.05) is 4.90 Å². The van der Waals surface area contributed by atoms with Crippen molar-refractivity contribution in [3.63, 3.8) is 0 Å². The third kappa shape index (κ3) is 3.57. The summed E-state index contributed by atoms with van der Waals surface area (Å²) in [5, 5.41) is 7.17. The average Bonchev–Trinajstić information content (AvgIpc) is 2.82. The zero-order valence-corrected chi connectivity index (χ0v) is 14.9. The number of benzene rings is 1. The van der Waals surface area contributed by atoms with Crippen molar-refractivity contribution in [2.45, 2.75) is 44.8 Å². The Balaban J connectivity index is 1.62. The van der Waals surface area contributed by atoms with E-state index >= 15 is 0 Å². The van der Waals surface area contributed by atoms with Gasteiger partial charge in [0.05, 0.1) is 11.7 Å². The standard InChI is InChI=1S/C18H24ClN3O2/c1-12(2)10-15-16(23)21-18(20-15)6-8-22(9-7-18)17(24)13-4-3-5-14(19)11-13/h3-5,11-12,15,20H,6-10H2,1-2H3,(H,21,23). The highest BCUT2D eigenvalue weighted by Gasteiger charge is 2.45. The van der Waals surface area contributed by atoms with Crippen LogP contribution in [0.1, 0.15) is 43.5 Å². The highest BCUT2D eigenvalue weighted by molar-refractivity contribution is 6.30. The predicted octanol–water partition coefficient (Wildman–Crippen LogP) is 2.41. The molecule has 2 fully saturated rings. The molecule has 1 aromatic carbocycles. The Morgan fingerprint density at radius 2 is 2.08 bits per heavy atom. The van der Waals surface area contributed by atoms with Crippen LogP contribution in [0.15, 0.2) is 24.3 Å². The van der Waals surface area contributed by atoms with Gasteiger partial charge in [-0.1, -0.05) is 31.5 Å². The van der Waals surface area contributed by atoms with Crippen molar-refractivity contribution in [2.75, 3.05) is 13.1 Å². The first-order valence-corrected chi connectivity index (χ1v) is 8.91. The van der Waals surface area contributed by atoms with E-state index in [4.69, 9.17) is 11.6 Å². The van der Waals surface area contributed by atoms with Crippen LogP contribution in [-0.2, 0) is 4.79 Å². The quantitative estimate of drug-likeness (QED) is 0.881. The first kappa shape index (κ1) is 17.2. The van der Waals surface area contributed by atoms with Crippen LogP contribution in [0.4, 0.5) is 0 Å². The number of carbonyl (C=O) groups is 2. The molecule has 2 saturated heterocycles. The minimum absolute atomic E-state index is 0.00426. The van der Waals surface area contributed by atoms with Crippen LogP contribution in [-0.4, -0.2) is 41.5 Å². The van der Waals surface area contributed by atoms with Crippen molar-refractivity contribution in [2.24, 2.45) is 5.92 Å².